The van der Waals surface area contributed by atoms with Crippen LogP contribution in [0.5, 0.6) is 0 Å². The lowest BCUT2D eigenvalue weighted by Crippen LogP contribution is -2.36. The molecule has 0 spiro atoms. The normalized spacial score (nSPS) is 12.2. The zero-order valence-electron chi connectivity index (χ0n) is 13.2. The molecule has 1 unspecified atom stereocenters. The van der Waals surface area contributed by atoms with Crippen LogP contribution < -0.4 is 4.90 Å². The van der Waals surface area contributed by atoms with Gasteiger partial charge in [-0.15, -0.1) is 0 Å². The molecule has 1 N–H and O–H groups in total. The number of hydrogen-bond donors (Lipinski definition) is 1. The van der Waals surface area contributed by atoms with Gasteiger partial charge in [-0.25, -0.2) is 0 Å². The van der Waals surface area contributed by atoms with Gasteiger partial charge in [-0.2, -0.15) is 0 Å². The molecule has 0 aliphatic carbocycles. The van der Waals surface area contributed by atoms with E-state index >= 15 is 0 Å². The number of rotatable bonds is 8. The molecule has 0 amide bonds. The summed E-state index contributed by atoms with van der Waals surface area (Å²) in [6.07, 6.45) is 0. The number of ketones is 1. The van der Waals surface area contributed by atoms with E-state index in [2.05, 4.69) is 0 Å². The predicted molar refractivity (Wildman–Crippen MR) is 84.0 cm³/mol. The first-order valence-corrected chi connectivity index (χ1v) is 7.04. The zero-order valence-corrected chi connectivity index (χ0v) is 13.2. The van der Waals surface area contributed by atoms with Gasteiger partial charge < -0.3 is 14.9 Å². The lowest BCUT2D eigenvalue weighted by molar-refractivity contribution is -0.140. The molecular formula is C16H24N2O3. The molecule has 0 bridgehead atoms. The molecule has 0 fully saturated rings. The highest BCUT2D eigenvalue weighted by atomic mass is 16.4. The number of carbonyl (C=O) groups excluding carboxylic acids is 1. The van der Waals surface area contributed by atoms with Crippen molar-refractivity contribution in [2.75, 3.05) is 38.6 Å². The number of anilines is 1. The van der Waals surface area contributed by atoms with Crippen LogP contribution in [0.4, 0.5) is 5.69 Å². The number of carbonyl (C=O) groups is 2. The molecule has 5 heteroatoms. The summed E-state index contributed by atoms with van der Waals surface area (Å²) < 4.78 is 0. The Hall–Kier alpha value is -1.88. The van der Waals surface area contributed by atoms with E-state index in [-0.39, 0.29) is 5.78 Å². The minimum atomic E-state index is -0.812. The van der Waals surface area contributed by atoms with Gasteiger partial charge in [0, 0.05) is 30.9 Å². The van der Waals surface area contributed by atoms with Crippen LogP contribution in [0.1, 0.15) is 24.2 Å². The van der Waals surface area contributed by atoms with Crippen molar-refractivity contribution in [3.05, 3.63) is 29.8 Å². The average Bonchev–Trinajstić information content (AvgIpc) is 2.42. The Kier molecular flexibility index (Phi) is 6.37. The number of benzene rings is 1. The van der Waals surface area contributed by atoms with E-state index in [1.165, 1.54) is 6.92 Å². The van der Waals surface area contributed by atoms with Crippen molar-refractivity contribution >= 4 is 17.4 Å². The fourth-order valence-electron chi connectivity index (χ4n) is 1.98. The van der Waals surface area contributed by atoms with E-state index in [1.54, 1.807) is 13.0 Å². The van der Waals surface area contributed by atoms with Crippen LogP contribution in [0.2, 0.25) is 0 Å². The van der Waals surface area contributed by atoms with Crippen molar-refractivity contribution in [1.82, 2.24) is 4.90 Å². The summed E-state index contributed by atoms with van der Waals surface area (Å²) in [5.41, 5.74) is 1.53. The van der Waals surface area contributed by atoms with Crippen LogP contribution in [-0.4, -0.2) is 55.5 Å². The lowest BCUT2D eigenvalue weighted by atomic mass is 10.1. The summed E-state index contributed by atoms with van der Waals surface area (Å²) in [5, 5.41) is 9.11. The summed E-state index contributed by atoms with van der Waals surface area (Å²) in [6, 6.07) is 7.35. The molecule has 116 valence electrons. The lowest BCUT2D eigenvalue weighted by Gasteiger charge is -2.28. The first kappa shape index (κ1) is 17.2. The van der Waals surface area contributed by atoms with E-state index in [4.69, 9.17) is 5.11 Å². The van der Waals surface area contributed by atoms with Crippen LogP contribution in [-0.2, 0) is 4.79 Å². The van der Waals surface area contributed by atoms with Gasteiger partial charge in [0.05, 0.1) is 5.92 Å². The van der Waals surface area contributed by atoms with Gasteiger partial charge in [0.1, 0.15) is 0 Å². The van der Waals surface area contributed by atoms with Crippen LogP contribution in [0.15, 0.2) is 24.3 Å². The van der Waals surface area contributed by atoms with Gasteiger partial charge in [0.25, 0.3) is 0 Å². The number of likely N-dealkylation sites (N-methyl/N-ethyl adjacent to an activating group) is 1. The third kappa shape index (κ3) is 5.55. The van der Waals surface area contributed by atoms with E-state index in [0.717, 1.165) is 12.2 Å². The maximum absolute atomic E-state index is 11.5. The van der Waals surface area contributed by atoms with Gasteiger partial charge in [-0.05, 0) is 33.2 Å². The maximum Gasteiger partial charge on any atom is 0.308 e. The quantitative estimate of drug-likeness (QED) is 0.742. The van der Waals surface area contributed by atoms with Gasteiger partial charge in [0.15, 0.2) is 5.78 Å². The van der Waals surface area contributed by atoms with Crippen molar-refractivity contribution in [1.29, 1.82) is 0 Å². The molecule has 0 aliphatic rings. The van der Waals surface area contributed by atoms with Gasteiger partial charge >= 0.3 is 5.97 Å². The Bertz CT molecular complexity index is 500. The molecule has 0 saturated heterocycles. The third-order valence-corrected chi connectivity index (χ3v) is 3.35. The van der Waals surface area contributed by atoms with E-state index < -0.39 is 11.9 Å². The Morgan fingerprint density at radius 1 is 1.24 bits per heavy atom. The van der Waals surface area contributed by atoms with Crippen molar-refractivity contribution in [3.8, 4) is 0 Å². The predicted octanol–water partition coefficient (Wildman–Crippen LogP) is 1.98. The number of carboxylic acids is 1. The van der Waals surface area contributed by atoms with Crippen LogP contribution in [0.3, 0.4) is 0 Å². The largest absolute Gasteiger partial charge is 0.481 e. The van der Waals surface area contributed by atoms with E-state index in [1.807, 2.05) is 42.1 Å². The number of nitrogens with zero attached hydrogens (tertiary/aromatic N) is 2. The van der Waals surface area contributed by atoms with Crippen molar-refractivity contribution in [2.24, 2.45) is 5.92 Å². The van der Waals surface area contributed by atoms with Crippen LogP contribution in [0.25, 0.3) is 0 Å². The monoisotopic (exact) mass is 292 g/mol. The average molecular weight is 292 g/mol. The maximum atomic E-state index is 11.5. The summed E-state index contributed by atoms with van der Waals surface area (Å²) in [7, 11) is 3.95. The Morgan fingerprint density at radius 2 is 1.90 bits per heavy atom. The molecule has 0 heterocycles. The minimum absolute atomic E-state index is 0.00990. The van der Waals surface area contributed by atoms with Crippen molar-refractivity contribution < 1.29 is 14.7 Å². The second-order valence-electron chi connectivity index (χ2n) is 5.60. The highest BCUT2D eigenvalue weighted by Gasteiger charge is 2.17. The Morgan fingerprint density at radius 3 is 2.43 bits per heavy atom. The van der Waals surface area contributed by atoms with E-state index in [9.17, 15) is 9.59 Å². The smallest absolute Gasteiger partial charge is 0.308 e. The first-order chi connectivity index (χ1) is 9.81. The number of Topliss-reactive ketones (excluding diaryl/α,β-unsaturated/α-hetero) is 1. The topological polar surface area (TPSA) is 60.9 Å². The molecular weight excluding hydrogens is 268 g/mol. The first-order valence-electron chi connectivity index (χ1n) is 7.04. The fourth-order valence-corrected chi connectivity index (χ4v) is 1.98. The van der Waals surface area contributed by atoms with Crippen molar-refractivity contribution in [3.63, 3.8) is 0 Å². The molecule has 1 aromatic rings. The standard InChI is InChI=1S/C16H24N2O3/c1-12(16(20)21)11-18(9-8-17(3)4)15-7-5-6-14(10-15)13(2)19/h5-7,10,12H,8-9,11H2,1-4H3,(H,20,21). The molecule has 1 atom stereocenters. The minimum Gasteiger partial charge on any atom is -0.481 e. The van der Waals surface area contributed by atoms with Gasteiger partial charge in [-0.3, -0.25) is 9.59 Å². The highest BCUT2D eigenvalue weighted by Crippen LogP contribution is 2.18. The summed E-state index contributed by atoms with van der Waals surface area (Å²) >= 11 is 0. The molecule has 1 rings (SSSR count). The molecule has 21 heavy (non-hydrogen) atoms. The SMILES string of the molecule is CC(=O)c1cccc(N(CCN(C)C)CC(C)C(=O)O)c1. The molecule has 0 aromatic heterocycles. The molecule has 0 radical (unpaired) electrons. The summed E-state index contributed by atoms with van der Waals surface area (Å²) in [6.45, 7) is 5.18. The summed E-state index contributed by atoms with van der Waals surface area (Å²) in [5.74, 6) is -1.27. The number of hydrogen-bond acceptors (Lipinski definition) is 4. The molecule has 5 nitrogen and oxygen atoms in total. The highest BCUT2D eigenvalue weighted by molar-refractivity contribution is 5.95. The zero-order chi connectivity index (χ0) is 16.0. The number of carboxylic acid groups (broad SMARTS) is 1. The summed E-state index contributed by atoms with van der Waals surface area (Å²) in [4.78, 5) is 26.7. The molecule has 1 aromatic carbocycles. The number of aliphatic carboxylic acids is 1. The van der Waals surface area contributed by atoms with Crippen LogP contribution >= 0.6 is 0 Å². The second-order valence-corrected chi connectivity index (χ2v) is 5.60. The Labute approximate surface area is 126 Å². The second kappa shape index (κ2) is 7.78. The van der Waals surface area contributed by atoms with Gasteiger partial charge in [-0.1, -0.05) is 19.1 Å². The van der Waals surface area contributed by atoms with Gasteiger partial charge in [0.2, 0.25) is 0 Å². The molecule has 0 saturated carbocycles. The van der Waals surface area contributed by atoms with Crippen molar-refractivity contribution in [2.45, 2.75) is 13.8 Å². The molecule has 0 aliphatic heterocycles. The fraction of sp³-hybridized carbons (Fsp3) is 0.500. The Balaban J connectivity index is 2.96. The van der Waals surface area contributed by atoms with E-state index in [0.29, 0.717) is 18.7 Å². The van der Waals surface area contributed by atoms with Crippen LogP contribution in [0, 0.1) is 5.92 Å². The third-order valence-electron chi connectivity index (χ3n) is 3.35.